The molecule has 0 radical (unpaired) electrons. The third kappa shape index (κ3) is 2.93. The van der Waals surface area contributed by atoms with Crippen molar-refractivity contribution in [1.29, 1.82) is 0 Å². The normalized spacial score (nSPS) is 10.9. The van der Waals surface area contributed by atoms with Crippen LogP contribution >= 0.6 is 11.6 Å². The highest BCUT2D eigenvalue weighted by atomic mass is 35.5. The van der Waals surface area contributed by atoms with E-state index in [4.69, 9.17) is 16.3 Å². The maximum atomic E-state index is 6.19. The van der Waals surface area contributed by atoms with E-state index in [1.165, 1.54) is 6.33 Å². The van der Waals surface area contributed by atoms with Gasteiger partial charge in [-0.3, -0.25) is 4.98 Å². The third-order valence-corrected chi connectivity index (χ3v) is 4.22. The smallest absolute Gasteiger partial charge is 0.168 e. The predicted molar refractivity (Wildman–Crippen MR) is 100 cm³/mol. The van der Waals surface area contributed by atoms with Gasteiger partial charge in [0.15, 0.2) is 5.65 Å². The molecule has 0 amide bonds. The standard InChI is InChI=1S/C18H15ClN6O/c1-11-3-5-13(8-20-11)25-18-14(9-23-25)17(21-10-22-18)24-12-4-6-16(26-2)15(19)7-12/h3-10H,1-2H3,(H,21,22,24). The number of pyridine rings is 1. The molecule has 8 heteroatoms. The summed E-state index contributed by atoms with van der Waals surface area (Å²) in [5, 5.41) is 8.99. The number of aromatic nitrogens is 5. The van der Waals surface area contributed by atoms with Crippen LogP contribution in [0.15, 0.2) is 49.1 Å². The summed E-state index contributed by atoms with van der Waals surface area (Å²) in [6.45, 7) is 1.94. The van der Waals surface area contributed by atoms with Crippen molar-refractivity contribution in [3.05, 3.63) is 59.8 Å². The fourth-order valence-electron chi connectivity index (χ4n) is 2.60. The minimum absolute atomic E-state index is 0.518. The molecule has 0 atom stereocenters. The zero-order valence-corrected chi connectivity index (χ0v) is 14.9. The summed E-state index contributed by atoms with van der Waals surface area (Å²) in [4.78, 5) is 13.0. The summed E-state index contributed by atoms with van der Waals surface area (Å²) in [5.74, 6) is 1.26. The Kier molecular flexibility index (Phi) is 4.14. The van der Waals surface area contributed by atoms with Crippen LogP contribution in [0, 0.1) is 6.92 Å². The molecule has 0 unspecified atom stereocenters. The van der Waals surface area contributed by atoms with Crippen LogP contribution in [0.3, 0.4) is 0 Å². The topological polar surface area (TPSA) is 77.8 Å². The number of ether oxygens (including phenoxy) is 1. The fourth-order valence-corrected chi connectivity index (χ4v) is 2.86. The van der Waals surface area contributed by atoms with Crippen LogP contribution in [0.2, 0.25) is 5.02 Å². The number of halogens is 1. The van der Waals surface area contributed by atoms with Crippen LogP contribution in [-0.2, 0) is 0 Å². The Bertz CT molecular complexity index is 1080. The van der Waals surface area contributed by atoms with E-state index in [0.717, 1.165) is 22.5 Å². The zero-order chi connectivity index (χ0) is 18.1. The third-order valence-electron chi connectivity index (χ3n) is 3.92. The van der Waals surface area contributed by atoms with Gasteiger partial charge in [0.05, 0.1) is 35.6 Å². The molecule has 0 spiro atoms. The van der Waals surface area contributed by atoms with Gasteiger partial charge in [-0.2, -0.15) is 5.10 Å². The highest BCUT2D eigenvalue weighted by Gasteiger charge is 2.12. The molecule has 1 aromatic carbocycles. The van der Waals surface area contributed by atoms with Crippen LogP contribution in [0.25, 0.3) is 16.7 Å². The quantitative estimate of drug-likeness (QED) is 0.589. The molecular formula is C18H15ClN6O. The summed E-state index contributed by atoms with van der Waals surface area (Å²) < 4.78 is 6.91. The highest BCUT2D eigenvalue weighted by Crippen LogP contribution is 2.30. The number of benzene rings is 1. The highest BCUT2D eigenvalue weighted by molar-refractivity contribution is 6.32. The van der Waals surface area contributed by atoms with Gasteiger partial charge in [-0.1, -0.05) is 11.6 Å². The van der Waals surface area contributed by atoms with E-state index >= 15 is 0 Å². The van der Waals surface area contributed by atoms with E-state index in [1.807, 2.05) is 25.1 Å². The number of aryl methyl sites for hydroxylation is 1. The molecule has 0 saturated carbocycles. The van der Waals surface area contributed by atoms with Crippen LogP contribution in [-0.4, -0.2) is 31.8 Å². The van der Waals surface area contributed by atoms with Crippen molar-refractivity contribution >= 4 is 34.1 Å². The van der Waals surface area contributed by atoms with Crippen molar-refractivity contribution in [2.75, 3.05) is 12.4 Å². The lowest BCUT2D eigenvalue weighted by Crippen LogP contribution is -2.00. The number of anilines is 2. The first-order valence-corrected chi connectivity index (χ1v) is 8.26. The van der Waals surface area contributed by atoms with E-state index in [1.54, 1.807) is 36.3 Å². The van der Waals surface area contributed by atoms with Gasteiger partial charge < -0.3 is 10.1 Å². The molecule has 4 rings (SSSR count). The Labute approximate surface area is 154 Å². The monoisotopic (exact) mass is 366 g/mol. The maximum absolute atomic E-state index is 6.19. The number of hydrogen-bond acceptors (Lipinski definition) is 6. The predicted octanol–water partition coefficient (Wildman–Crippen LogP) is 3.92. The van der Waals surface area contributed by atoms with Gasteiger partial charge in [0.1, 0.15) is 17.9 Å². The van der Waals surface area contributed by atoms with Crippen molar-refractivity contribution in [3.8, 4) is 11.4 Å². The van der Waals surface area contributed by atoms with E-state index in [9.17, 15) is 0 Å². The lowest BCUT2D eigenvalue weighted by atomic mass is 10.3. The van der Waals surface area contributed by atoms with Gasteiger partial charge in [0.2, 0.25) is 0 Å². The number of methoxy groups -OCH3 is 1. The Balaban J connectivity index is 1.73. The lowest BCUT2D eigenvalue weighted by molar-refractivity contribution is 0.415. The number of nitrogens with zero attached hydrogens (tertiary/aromatic N) is 5. The van der Waals surface area contributed by atoms with E-state index in [2.05, 4.69) is 25.4 Å². The van der Waals surface area contributed by atoms with Crippen LogP contribution in [0.5, 0.6) is 5.75 Å². The van der Waals surface area contributed by atoms with Gasteiger partial charge in [0.25, 0.3) is 0 Å². The second kappa shape index (κ2) is 6.61. The number of fused-ring (bicyclic) bond motifs is 1. The molecule has 3 aromatic heterocycles. The Morgan fingerprint density at radius 3 is 2.69 bits per heavy atom. The SMILES string of the molecule is COc1ccc(Nc2ncnc3c2cnn3-c2ccc(C)nc2)cc1Cl. The molecule has 4 aromatic rings. The second-order valence-corrected chi connectivity index (χ2v) is 6.06. The van der Waals surface area contributed by atoms with Crippen LogP contribution < -0.4 is 10.1 Å². The van der Waals surface area contributed by atoms with E-state index in [0.29, 0.717) is 22.2 Å². The van der Waals surface area contributed by atoms with Crippen LogP contribution in [0.1, 0.15) is 5.69 Å². The van der Waals surface area contributed by atoms with Crippen molar-refractivity contribution in [2.45, 2.75) is 6.92 Å². The van der Waals surface area contributed by atoms with E-state index in [-0.39, 0.29) is 0 Å². The minimum atomic E-state index is 0.518. The molecule has 0 bridgehead atoms. The van der Waals surface area contributed by atoms with Crippen LogP contribution in [0.4, 0.5) is 11.5 Å². The zero-order valence-electron chi connectivity index (χ0n) is 14.1. The van der Waals surface area contributed by atoms with Gasteiger partial charge >= 0.3 is 0 Å². The molecule has 7 nitrogen and oxygen atoms in total. The number of hydrogen-bond donors (Lipinski definition) is 1. The van der Waals surface area contributed by atoms with Crippen molar-refractivity contribution in [2.24, 2.45) is 0 Å². The Morgan fingerprint density at radius 1 is 1.08 bits per heavy atom. The molecule has 0 saturated heterocycles. The van der Waals surface area contributed by atoms with Gasteiger partial charge in [-0.05, 0) is 37.3 Å². The molecular weight excluding hydrogens is 352 g/mol. The maximum Gasteiger partial charge on any atom is 0.168 e. The number of rotatable bonds is 4. The molecule has 26 heavy (non-hydrogen) atoms. The van der Waals surface area contributed by atoms with E-state index < -0.39 is 0 Å². The summed E-state index contributed by atoms with van der Waals surface area (Å²) in [7, 11) is 1.58. The summed E-state index contributed by atoms with van der Waals surface area (Å²) in [6.07, 6.45) is 4.98. The second-order valence-electron chi connectivity index (χ2n) is 5.65. The molecule has 1 N–H and O–H groups in total. The average molecular weight is 367 g/mol. The minimum Gasteiger partial charge on any atom is -0.495 e. The average Bonchev–Trinajstić information content (AvgIpc) is 3.08. The first-order chi connectivity index (χ1) is 12.7. The lowest BCUT2D eigenvalue weighted by Gasteiger charge is -2.09. The van der Waals surface area contributed by atoms with Gasteiger partial charge in [0, 0.05) is 11.4 Å². The fraction of sp³-hybridized carbons (Fsp3) is 0.111. The first-order valence-electron chi connectivity index (χ1n) is 7.88. The molecule has 0 aliphatic carbocycles. The first kappa shape index (κ1) is 16.3. The Hall–Kier alpha value is -3.19. The summed E-state index contributed by atoms with van der Waals surface area (Å²) in [6, 6.07) is 9.33. The molecule has 0 aliphatic rings. The summed E-state index contributed by atoms with van der Waals surface area (Å²) >= 11 is 6.19. The van der Waals surface area contributed by atoms with Crippen molar-refractivity contribution in [1.82, 2.24) is 24.7 Å². The van der Waals surface area contributed by atoms with Gasteiger partial charge in [-0.15, -0.1) is 0 Å². The van der Waals surface area contributed by atoms with Crippen molar-refractivity contribution < 1.29 is 4.74 Å². The van der Waals surface area contributed by atoms with Gasteiger partial charge in [-0.25, -0.2) is 14.6 Å². The molecule has 3 heterocycles. The number of nitrogens with one attached hydrogen (secondary N) is 1. The molecule has 130 valence electrons. The molecule has 0 fully saturated rings. The Morgan fingerprint density at radius 2 is 1.96 bits per heavy atom. The largest absolute Gasteiger partial charge is 0.495 e. The van der Waals surface area contributed by atoms with Crippen molar-refractivity contribution in [3.63, 3.8) is 0 Å². The molecule has 0 aliphatic heterocycles. The summed E-state index contributed by atoms with van der Waals surface area (Å²) in [5.41, 5.74) is 3.26.